The average Bonchev–Trinajstić information content (AvgIpc) is 2.67. The van der Waals surface area contributed by atoms with E-state index in [1.54, 1.807) is 6.07 Å². The molecular formula is C23H25NO2. The Labute approximate surface area is 155 Å². The molecule has 0 aromatic heterocycles. The number of benzene rings is 2. The number of nitrogens with zero attached hydrogens (tertiary/aromatic N) is 1. The lowest BCUT2D eigenvalue weighted by molar-refractivity contribution is -0.132. The van der Waals surface area contributed by atoms with Gasteiger partial charge in [-0.2, -0.15) is 5.26 Å². The summed E-state index contributed by atoms with van der Waals surface area (Å²) in [6, 6.07) is 17.5. The first kappa shape index (κ1) is 19.6. The number of hydrogen-bond donors (Lipinski definition) is 0. The maximum atomic E-state index is 12.4. The van der Waals surface area contributed by atoms with Gasteiger partial charge in [0.25, 0.3) is 0 Å². The van der Waals surface area contributed by atoms with Crippen molar-refractivity contribution in [3.8, 4) is 17.2 Å². The van der Waals surface area contributed by atoms with Crippen molar-refractivity contribution < 1.29 is 9.59 Å². The van der Waals surface area contributed by atoms with Gasteiger partial charge in [-0.15, -0.1) is 0 Å². The minimum atomic E-state index is -0.535. The Morgan fingerprint density at radius 2 is 1.50 bits per heavy atom. The summed E-state index contributed by atoms with van der Waals surface area (Å²) in [6.45, 7) is 3.92. The van der Waals surface area contributed by atoms with E-state index in [9.17, 15) is 14.9 Å². The van der Waals surface area contributed by atoms with Gasteiger partial charge in [0.2, 0.25) is 0 Å². The Bertz CT molecular complexity index is 782. The smallest absolute Gasteiger partial charge is 0.143 e. The Morgan fingerprint density at radius 3 is 2.04 bits per heavy atom. The zero-order chi connectivity index (χ0) is 18.9. The van der Waals surface area contributed by atoms with E-state index in [1.807, 2.05) is 56.3 Å². The van der Waals surface area contributed by atoms with Gasteiger partial charge in [0.05, 0.1) is 17.6 Å². The Balaban J connectivity index is 2.21. The molecule has 0 aliphatic heterocycles. The minimum absolute atomic E-state index is 0.0462. The molecule has 0 heterocycles. The molecule has 2 aromatic rings. The molecule has 0 saturated heterocycles. The predicted octanol–water partition coefficient (Wildman–Crippen LogP) is 5.12. The summed E-state index contributed by atoms with van der Waals surface area (Å²) < 4.78 is 0. The van der Waals surface area contributed by atoms with Crippen molar-refractivity contribution in [1.29, 1.82) is 5.26 Å². The summed E-state index contributed by atoms with van der Waals surface area (Å²) >= 11 is 0. The lowest BCUT2D eigenvalue weighted by Crippen LogP contribution is -2.26. The van der Waals surface area contributed by atoms with Gasteiger partial charge in [-0.3, -0.25) is 9.59 Å². The van der Waals surface area contributed by atoms with Crippen molar-refractivity contribution in [2.24, 2.45) is 5.92 Å². The molecule has 134 valence electrons. The highest BCUT2D eigenvalue weighted by molar-refractivity contribution is 6.02. The first-order valence-electron chi connectivity index (χ1n) is 9.24. The van der Waals surface area contributed by atoms with Crippen molar-refractivity contribution in [1.82, 2.24) is 0 Å². The van der Waals surface area contributed by atoms with Crippen molar-refractivity contribution in [3.63, 3.8) is 0 Å². The topological polar surface area (TPSA) is 57.9 Å². The van der Waals surface area contributed by atoms with Crippen LogP contribution >= 0.6 is 0 Å². The number of carbonyl (C=O) groups excluding carboxylic acids is 2. The highest BCUT2D eigenvalue weighted by Crippen LogP contribution is 2.25. The molecule has 0 amide bonds. The molecule has 0 saturated carbocycles. The van der Waals surface area contributed by atoms with Crippen LogP contribution < -0.4 is 0 Å². The molecule has 0 atom stereocenters. The molecule has 3 heteroatoms. The maximum Gasteiger partial charge on any atom is 0.143 e. The number of rotatable bonds is 9. The zero-order valence-electron chi connectivity index (χ0n) is 15.5. The molecule has 0 radical (unpaired) electrons. The van der Waals surface area contributed by atoms with Crippen LogP contribution in [0.15, 0.2) is 48.5 Å². The average molecular weight is 347 g/mol. The SMILES string of the molecule is CCCC(=O)C(Cc1ccc(-c2ccccc2C#N)cc1)C(=O)CCC. The zero-order valence-corrected chi connectivity index (χ0v) is 15.5. The predicted molar refractivity (Wildman–Crippen MR) is 104 cm³/mol. The summed E-state index contributed by atoms with van der Waals surface area (Å²) in [4.78, 5) is 24.8. The summed E-state index contributed by atoms with van der Waals surface area (Å²) in [5.74, 6) is -0.443. The number of nitriles is 1. The fourth-order valence-electron chi connectivity index (χ4n) is 3.14. The molecule has 2 rings (SSSR count). The molecule has 0 bridgehead atoms. The number of Topliss-reactive ketones (excluding diaryl/α,β-unsaturated/α-hetero) is 2. The van der Waals surface area contributed by atoms with Gasteiger partial charge in [-0.05, 0) is 42.0 Å². The van der Waals surface area contributed by atoms with Crippen LogP contribution in [-0.2, 0) is 16.0 Å². The van der Waals surface area contributed by atoms with Crippen LogP contribution in [0.1, 0.15) is 50.7 Å². The van der Waals surface area contributed by atoms with Crippen molar-refractivity contribution >= 4 is 11.6 Å². The summed E-state index contributed by atoms with van der Waals surface area (Å²) in [7, 11) is 0. The normalized spacial score (nSPS) is 10.5. The van der Waals surface area contributed by atoms with E-state index in [1.165, 1.54) is 0 Å². The standard InChI is InChI=1S/C23H25NO2/c1-3-7-22(25)21(23(26)8-4-2)15-17-11-13-18(14-12-17)20-10-6-5-9-19(20)16-24/h5-6,9-14,21H,3-4,7-8,15H2,1-2H3. The van der Waals surface area contributed by atoms with Crippen LogP contribution in [0.4, 0.5) is 0 Å². The van der Waals surface area contributed by atoms with Gasteiger partial charge in [0.1, 0.15) is 11.6 Å². The van der Waals surface area contributed by atoms with Crippen molar-refractivity contribution in [2.45, 2.75) is 46.0 Å². The molecule has 26 heavy (non-hydrogen) atoms. The van der Waals surface area contributed by atoms with Crippen molar-refractivity contribution in [3.05, 3.63) is 59.7 Å². The summed E-state index contributed by atoms with van der Waals surface area (Å²) in [6.07, 6.45) is 2.89. The molecule has 0 aliphatic carbocycles. The van der Waals surface area contributed by atoms with Crippen LogP contribution in [0.3, 0.4) is 0 Å². The first-order chi connectivity index (χ1) is 12.6. The first-order valence-corrected chi connectivity index (χ1v) is 9.24. The largest absolute Gasteiger partial charge is 0.299 e. The van der Waals surface area contributed by atoms with Gasteiger partial charge >= 0.3 is 0 Å². The van der Waals surface area contributed by atoms with E-state index in [-0.39, 0.29) is 11.6 Å². The Hall–Kier alpha value is -2.73. The quantitative estimate of drug-likeness (QED) is 0.591. The highest BCUT2D eigenvalue weighted by atomic mass is 16.1. The van der Waals surface area contributed by atoms with Gasteiger partial charge < -0.3 is 0 Å². The molecule has 0 N–H and O–H groups in total. The fourth-order valence-corrected chi connectivity index (χ4v) is 3.14. The van der Waals surface area contributed by atoms with Crippen LogP contribution in [0, 0.1) is 17.2 Å². The molecular weight excluding hydrogens is 322 g/mol. The van der Waals surface area contributed by atoms with Gasteiger partial charge in [0, 0.05) is 12.8 Å². The van der Waals surface area contributed by atoms with Crippen LogP contribution in [0.5, 0.6) is 0 Å². The second-order valence-corrected chi connectivity index (χ2v) is 6.54. The number of hydrogen-bond acceptors (Lipinski definition) is 3. The number of ketones is 2. The molecule has 3 nitrogen and oxygen atoms in total. The molecule has 0 aliphatic rings. The monoisotopic (exact) mass is 347 g/mol. The van der Waals surface area contributed by atoms with E-state index in [0.717, 1.165) is 29.5 Å². The number of carbonyl (C=O) groups is 2. The van der Waals surface area contributed by atoms with Gasteiger partial charge in [-0.25, -0.2) is 0 Å². The summed E-state index contributed by atoms with van der Waals surface area (Å²) in [5, 5.41) is 9.25. The third-order valence-corrected chi connectivity index (χ3v) is 4.52. The molecule has 0 spiro atoms. The lowest BCUT2D eigenvalue weighted by atomic mass is 9.87. The second-order valence-electron chi connectivity index (χ2n) is 6.54. The molecule has 0 fully saturated rings. The van der Waals surface area contributed by atoms with Gasteiger partial charge in [0.15, 0.2) is 0 Å². The van der Waals surface area contributed by atoms with E-state index in [0.29, 0.717) is 24.8 Å². The highest BCUT2D eigenvalue weighted by Gasteiger charge is 2.25. The lowest BCUT2D eigenvalue weighted by Gasteiger charge is -2.15. The van der Waals surface area contributed by atoms with E-state index in [2.05, 4.69) is 6.07 Å². The fraction of sp³-hybridized carbons (Fsp3) is 0.348. The Morgan fingerprint density at radius 1 is 0.923 bits per heavy atom. The van der Waals surface area contributed by atoms with Gasteiger partial charge in [-0.1, -0.05) is 56.3 Å². The van der Waals surface area contributed by atoms with Crippen LogP contribution in [-0.4, -0.2) is 11.6 Å². The van der Waals surface area contributed by atoms with E-state index < -0.39 is 5.92 Å². The molecule has 2 aromatic carbocycles. The van der Waals surface area contributed by atoms with E-state index in [4.69, 9.17) is 0 Å². The molecule has 0 unspecified atom stereocenters. The third kappa shape index (κ3) is 4.89. The maximum absolute atomic E-state index is 12.4. The Kier molecular flexibility index (Phi) is 7.29. The minimum Gasteiger partial charge on any atom is -0.299 e. The second kappa shape index (κ2) is 9.68. The van der Waals surface area contributed by atoms with E-state index >= 15 is 0 Å². The van der Waals surface area contributed by atoms with Crippen LogP contribution in [0.25, 0.3) is 11.1 Å². The summed E-state index contributed by atoms with van der Waals surface area (Å²) in [5.41, 5.74) is 3.46. The van der Waals surface area contributed by atoms with Crippen LogP contribution in [0.2, 0.25) is 0 Å². The van der Waals surface area contributed by atoms with Crippen molar-refractivity contribution in [2.75, 3.05) is 0 Å². The third-order valence-electron chi connectivity index (χ3n) is 4.52.